The molecule has 42 heavy (non-hydrogen) atoms. The van der Waals surface area contributed by atoms with Gasteiger partial charge in [0.25, 0.3) is 11.1 Å². The molecule has 1 fully saturated rings. The van der Waals surface area contributed by atoms with Crippen LogP contribution in [0.25, 0.3) is 17.0 Å². The maximum Gasteiger partial charge on any atom is 0.294 e. The number of rotatable bonds is 7. The Labute approximate surface area is 247 Å². The summed E-state index contributed by atoms with van der Waals surface area (Å²) < 4.78 is 25.8. The molecule has 0 radical (unpaired) electrons. The number of ether oxygens (including phenoxy) is 2. The van der Waals surface area contributed by atoms with Gasteiger partial charge in [0, 0.05) is 40.1 Å². The molecule has 4 amide bonds. The van der Waals surface area contributed by atoms with Crippen LogP contribution in [0.4, 0.5) is 20.6 Å². The molecule has 212 valence electrons. The summed E-state index contributed by atoms with van der Waals surface area (Å²) in [6.45, 7) is -0.417. The Bertz CT molecular complexity index is 1820. The number of para-hydroxylation sites is 1. The molecule has 0 bridgehead atoms. The van der Waals surface area contributed by atoms with Crippen LogP contribution in [0.1, 0.15) is 5.56 Å². The molecule has 2 N–H and O–H groups in total. The third kappa shape index (κ3) is 5.54. The van der Waals surface area contributed by atoms with Crippen molar-refractivity contribution in [1.82, 2.24) is 9.47 Å². The molecule has 2 aliphatic heterocycles. The van der Waals surface area contributed by atoms with Crippen molar-refractivity contribution in [2.24, 2.45) is 0 Å². The van der Waals surface area contributed by atoms with Crippen LogP contribution in [0.3, 0.4) is 0 Å². The summed E-state index contributed by atoms with van der Waals surface area (Å²) in [4.78, 5) is 52.1. The number of anilines is 2. The van der Waals surface area contributed by atoms with Crippen LogP contribution in [0, 0.1) is 5.82 Å². The number of hydrogen-bond donors (Lipinski definition) is 2. The zero-order valence-corrected chi connectivity index (χ0v) is 23.1. The first kappa shape index (κ1) is 27.4. The average molecular weight is 607 g/mol. The lowest BCUT2D eigenvalue weighted by atomic mass is 10.1. The Morgan fingerprint density at radius 1 is 0.952 bits per heavy atom. The number of imide groups is 1. The number of carbonyl (C=O) groups is 4. The van der Waals surface area contributed by atoms with Crippen molar-refractivity contribution in [3.05, 3.63) is 88.2 Å². The van der Waals surface area contributed by atoms with Gasteiger partial charge in [0.05, 0.1) is 9.93 Å². The van der Waals surface area contributed by atoms with Gasteiger partial charge in [-0.15, -0.1) is 0 Å². The van der Waals surface area contributed by atoms with Gasteiger partial charge >= 0.3 is 0 Å². The highest BCUT2D eigenvalue weighted by atomic mass is 35.5. The van der Waals surface area contributed by atoms with E-state index < -0.39 is 29.4 Å². The molecule has 2 aliphatic rings. The lowest BCUT2D eigenvalue weighted by Gasteiger charge is -2.12. The summed E-state index contributed by atoms with van der Waals surface area (Å²) >= 11 is 6.46. The zero-order chi connectivity index (χ0) is 29.4. The predicted molar refractivity (Wildman–Crippen MR) is 156 cm³/mol. The van der Waals surface area contributed by atoms with E-state index in [-0.39, 0.29) is 34.9 Å². The Hall–Kier alpha value is -4.81. The lowest BCUT2D eigenvalue weighted by Crippen LogP contribution is -2.36. The third-order valence-electron chi connectivity index (χ3n) is 6.45. The molecule has 0 unspecified atom stereocenters. The van der Waals surface area contributed by atoms with E-state index >= 15 is 0 Å². The fourth-order valence-electron chi connectivity index (χ4n) is 4.55. The van der Waals surface area contributed by atoms with Crippen LogP contribution in [0.5, 0.6) is 11.5 Å². The summed E-state index contributed by atoms with van der Waals surface area (Å²) in [5.41, 5.74) is 2.16. The highest BCUT2D eigenvalue weighted by Gasteiger charge is 2.36. The Morgan fingerprint density at radius 2 is 1.67 bits per heavy atom. The van der Waals surface area contributed by atoms with E-state index in [0.29, 0.717) is 34.5 Å². The van der Waals surface area contributed by atoms with E-state index in [1.807, 2.05) is 24.3 Å². The molecule has 1 aromatic heterocycles. The van der Waals surface area contributed by atoms with Crippen LogP contribution >= 0.6 is 23.4 Å². The minimum Gasteiger partial charge on any atom is -0.454 e. The molecule has 0 atom stereocenters. The van der Waals surface area contributed by atoms with Crippen LogP contribution in [-0.4, -0.2) is 45.8 Å². The molecule has 3 aromatic carbocycles. The normalized spacial score (nSPS) is 15.1. The van der Waals surface area contributed by atoms with Gasteiger partial charge in [-0.2, -0.15) is 0 Å². The number of fused-ring (bicyclic) bond motifs is 2. The standard InChI is InChI=1S/C29H20ClFN4O6S/c30-20-10-17(5-7-21(20)31)32-27(37)14-35-28(38)25(42-29(35)39)9-16-12-34(22-4-2-1-3-19(16)22)13-26(36)33-18-6-8-23-24(11-18)41-15-40-23/h1-12H,13-15H2,(H,32,37)(H,33,36)/b25-9-. The fraction of sp³-hybridized carbons (Fsp3) is 0.103. The number of aromatic nitrogens is 1. The average Bonchev–Trinajstić information content (AvgIpc) is 3.64. The number of nitrogens with one attached hydrogen (secondary N) is 2. The molecule has 6 rings (SSSR count). The molecule has 1 saturated heterocycles. The summed E-state index contributed by atoms with van der Waals surface area (Å²) in [6, 6.07) is 16.1. The van der Waals surface area contributed by atoms with Crippen molar-refractivity contribution in [2.75, 3.05) is 24.0 Å². The van der Waals surface area contributed by atoms with E-state index in [2.05, 4.69) is 10.6 Å². The predicted octanol–water partition coefficient (Wildman–Crippen LogP) is 5.48. The number of halogens is 2. The van der Waals surface area contributed by atoms with Crippen LogP contribution in [0.2, 0.25) is 5.02 Å². The van der Waals surface area contributed by atoms with Gasteiger partial charge < -0.3 is 24.7 Å². The van der Waals surface area contributed by atoms with Gasteiger partial charge in [-0.05, 0) is 54.2 Å². The number of thioether (sulfide) groups is 1. The van der Waals surface area contributed by atoms with Crippen molar-refractivity contribution in [3.63, 3.8) is 0 Å². The molecule has 3 heterocycles. The molecule has 4 aromatic rings. The number of hydrogen-bond acceptors (Lipinski definition) is 7. The topological polar surface area (TPSA) is 119 Å². The van der Waals surface area contributed by atoms with E-state index in [1.54, 1.807) is 35.0 Å². The van der Waals surface area contributed by atoms with Crippen molar-refractivity contribution in [2.45, 2.75) is 6.54 Å². The number of carbonyl (C=O) groups excluding carboxylic acids is 4. The van der Waals surface area contributed by atoms with Crippen molar-refractivity contribution >= 4 is 74.7 Å². The number of amides is 4. The van der Waals surface area contributed by atoms with E-state index in [1.165, 1.54) is 12.1 Å². The Morgan fingerprint density at radius 3 is 2.48 bits per heavy atom. The molecular formula is C29H20ClFN4O6S. The van der Waals surface area contributed by atoms with Gasteiger partial charge in [-0.1, -0.05) is 29.8 Å². The van der Waals surface area contributed by atoms with E-state index in [9.17, 15) is 23.6 Å². The van der Waals surface area contributed by atoms with E-state index in [4.69, 9.17) is 21.1 Å². The summed E-state index contributed by atoms with van der Waals surface area (Å²) in [7, 11) is 0. The van der Waals surface area contributed by atoms with Crippen molar-refractivity contribution < 1.29 is 33.0 Å². The molecule has 13 heteroatoms. The molecule has 0 saturated carbocycles. The molecule has 10 nitrogen and oxygen atoms in total. The van der Waals surface area contributed by atoms with Gasteiger partial charge in [0.1, 0.15) is 18.9 Å². The van der Waals surface area contributed by atoms with Gasteiger partial charge in [-0.25, -0.2) is 4.39 Å². The lowest BCUT2D eigenvalue weighted by molar-refractivity contribution is -0.127. The maximum absolute atomic E-state index is 13.4. The van der Waals surface area contributed by atoms with Crippen LogP contribution in [-0.2, 0) is 20.9 Å². The van der Waals surface area contributed by atoms with Gasteiger partial charge in [0.2, 0.25) is 18.6 Å². The number of benzene rings is 3. The molecular weight excluding hydrogens is 587 g/mol. The SMILES string of the molecule is O=C(CN1C(=O)S/C(=C\c2cn(CC(=O)Nc3ccc4c(c3)OCO4)c3ccccc23)C1=O)Nc1ccc(F)c(Cl)c1. The van der Waals surface area contributed by atoms with Gasteiger partial charge in [-0.3, -0.25) is 24.1 Å². The largest absolute Gasteiger partial charge is 0.454 e. The molecule has 0 aliphatic carbocycles. The van der Waals surface area contributed by atoms with E-state index in [0.717, 1.165) is 21.9 Å². The third-order valence-corrected chi connectivity index (χ3v) is 7.65. The van der Waals surface area contributed by atoms with Crippen molar-refractivity contribution in [3.8, 4) is 11.5 Å². The summed E-state index contributed by atoms with van der Waals surface area (Å²) in [6.07, 6.45) is 3.29. The quantitative estimate of drug-likeness (QED) is 0.268. The minimum atomic E-state index is -0.647. The highest BCUT2D eigenvalue weighted by molar-refractivity contribution is 8.18. The maximum atomic E-state index is 13.4. The van der Waals surface area contributed by atoms with Crippen LogP contribution < -0.4 is 20.1 Å². The second kappa shape index (κ2) is 11.2. The summed E-state index contributed by atoms with van der Waals surface area (Å²) in [5, 5.41) is 5.33. The molecule has 0 spiro atoms. The number of nitrogens with zero attached hydrogens (tertiary/aromatic N) is 2. The second-order valence-electron chi connectivity index (χ2n) is 9.29. The first-order valence-corrected chi connectivity index (χ1v) is 13.7. The first-order chi connectivity index (χ1) is 20.2. The Balaban J connectivity index is 1.17. The Kier molecular flexibility index (Phi) is 7.31. The smallest absolute Gasteiger partial charge is 0.294 e. The highest BCUT2D eigenvalue weighted by Crippen LogP contribution is 2.35. The zero-order valence-electron chi connectivity index (χ0n) is 21.6. The minimum absolute atomic E-state index is 0.0160. The fourth-order valence-corrected chi connectivity index (χ4v) is 5.56. The van der Waals surface area contributed by atoms with Gasteiger partial charge in [0.15, 0.2) is 11.5 Å². The second-order valence-corrected chi connectivity index (χ2v) is 10.7. The first-order valence-electron chi connectivity index (χ1n) is 12.5. The van der Waals surface area contributed by atoms with Crippen LogP contribution in [0.15, 0.2) is 71.8 Å². The monoisotopic (exact) mass is 606 g/mol. The summed E-state index contributed by atoms with van der Waals surface area (Å²) in [5.74, 6) is -1.04. The van der Waals surface area contributed by atoms with Crippen molar-refractivity contribution in [1.29, 1.82) is 0 Å².